The van der Waals surface area contributed by atoms with Gasteiger partial charge >= 0.3 is 0 Å². The maximum atomic E-state index is 4.31. The predicted octanol–water partition coefficient (Wildman–Crippen LogP) is 1.99. The Hall–Kier alpha value is -1.78. The van der Waals surface area contributed by atoms with Gasteiger partial charge in [-0.3, -0.25) is 0 Å². The van der Waals surface area contributed by atoms with Gasteiger partial charge in [-0.1, -0.05) is 13.3 Å². The van der Waals surface area contributed by atoms with Gasteiger partial charge in [0.15, 0.2) is 0 Å². The molecule has 0 saturated heterocycles. The molecule has 0 unspecified atom stereocenters. The van der Waals surface area contributed by atoms with Crippen molar-refractivity contribution < 1.29 is 0 Å². The molecule has 5 nitrogen and oxygen atoms in total. The molecular weight excluding hydrogens is 214 g/mol. The van der Waals surface area contributed by atoms with Gasteiger partial charge in [-0.15, -0.1) is 0 Å². The lowest BCUT2D eigenvalue weighted by Gasteiger charge is -2.09. The highest BCUT2D eigenvalue weighted by Crippen LogP contribution is 2.06. The number of aryl methyl sites for hydroxylation is 1. The third kappa shape index (κ3) is 3.34. The summed E-state index contributed by atoms with van der Waals surface area (Å²) in [5, 5.41) is 3.34. The van der Waals surface area contributed by atoms with E-state index in [-0.39, 0.29) is 0 Å². The molecule has 17 heavy (non-hydrogen) atoms. The molecule has 0 radical (unpaired) electrons. The summed E-state index contributed by atoms with van der Waals surface area (Å²) in [6.07, 6.45) is 11.8. The summed E-state index contributed by atoms with van der Waals surface area (Å²) < 4.78 is 4.21. The number of hydrogen-bond acceptors (Lipinski definition) is 3. The average Bonchev–Trinajstić information content (AvgIpc) is 2.98. The van der Waals surface area contributed by atoms with Crippen molar-refractivity contribution in [1.29, 1.82) is 0 Å². The molecule has 0 amide bonds. The summed E-state index contributed by atoms with van der Waals surface area (Å²) >= 11 is 0. The van der Waals surface area contributed by atoms with Crippen LogP contribution in [-0.4, -0.2) is 25.6 Å². The van der Waals surface area contributed by atoms with Crippen molar-refractivity contribution in [3.63, 3.8) is 0 Å². The van der Waals surface area contributed by atoms with Crippen LogP contribution in [0.5, 0.6) is 0 Å². The summed E-state index contributed by atoms with van der Waals surface area (Å²) in [4.78, 5) is 8.33. The van der Waals surface area contributed by atoms with Crippen molar-refractivity contribution >= 4 is 5.95 Å². The molecule has 0 fully saturated rings. The van der Waals surface area contributed by atoms with Crippen molar-refractivity contribution in [2.45, 2.75) is 32.9 Å². The monoisotopic (exact) mass is 233 g/mol. The van der Waals surface area contributed by atoms with Crippen LogP contribution in [0.3, 0.4) is 0 Å². The summed E-state index contributed by atoms with van der Waals surface area (Å²) in [6, 6.07) is 0. The third-order valence-corrected chi connectivity index (χ3v) is 2.68. The van der Waals surface area contributed by atoms with Crippen molar-refractivity contribution in [2.24, 2.45) is 0 Å². The van der Waals surface area contributed by atoms with Crippen LogP contribution in [0.4, 0.5) is 5.95 Å². The zero-order chi connectivity index (χ0) is 11.9. The smallest absolute Gasteiger partial charge is 0.202 e. The van der Waals surface area contributed by atoms with E-state index < -0.39 is 0 Å². The molecule has 0 atom stereocenters. The van der Waals surface area contributed by atoms with E-state index in [9.17, 15) is 0 Å². The van der Waals surface area contributed by atoms with E-state index >= 15 is 0 Å². The Morgan fingerprint density at radius 2 is 2.18 bits per heavy atom. The van der Waals surface area contributed by atoms with Crippen molar-refractivity contribution in [1.82, 2.24) is 19.1 Å². The number of hydrogen-bond donors (Lipinski definition) is 1. The van der Waals surface area contributed by atoms with Gasteiger partial charge in [0, 0.05) is 44.4 Å². The van der Waals surface area contributed by atoms with Crippen LogP contribution in [0, 0.1) is 0 Å². The fraction of sp³-hybridized carbons (Fsp3) is 0.500. The topological polar surface area (TPSA) is 47.7 Å². The van der Waals surface area contributed by atoms with E-state index in [1.54, 1.807) is 6.20 Å². The van der Waals surface area contributed by atoms with Crippen LogP contribution >= 0.6 is 0 Å². The molecular formula is C12H19N5. The molecule has 92 valence electrons. The normalized spacial score (nSPS) is 10.6. The average molecular weight is 233 g/mol. The molecule has 0 aliphatic carbocycles. The quantitative estimate of drug-likeness (QED) is 0.795. The SMILES string of the molecule is CCCCn1ccnc1NCCn1ccnc1. The van der Waals surface area contributed by atoms with Gasteiger partial charge in [0.2, 0.25) is 5.95 Å². The Labute approximate surface area is 102 Å². The Morgan fingerprint density at radius 3 is 2.94 bits per heavy atom. The van der Waals surface area contributed by atoms with Gasteiger partial charge in [-0.2, -0.15) is 0 Å². The van der Waals surface area contributed by atoms with Crippen LogP contribution in [-0.2, 0) is 13.1 Å². The molecule has 5 heteroatoms. The van der Waals surface area contributed by atoms with Gasteiger partial charge < -0.3 is 14.5 Å². The molecule has 2 heterocycles. The highest BCUT2D eigenvalue weighted by atomic mass is 15.2. The lowest BCUT2D eigenvalue weighted by molar-refractivity contribution is 0.631. The number of unbranched alkanes of at least 4 members (excludes halogenated alkanes) is 1. The van der Waals surface area contributed by atoms with E-state index in [0.717, 1.165) is 25.6 Å². The number of nitrogens with zero attached hydrogens (tertiary/aromatic N) is 4. The first kappa shape index (κ1) is 11.7. The molecule has 0 bridgehead atoms. The van der Waals surface area contributed by atoms with Crippen LogP contribution < -0.4 is 5.32 Å². The van der Waals surface area contributed by atoms with Crippen molar-refractivity contribution in [2.75, 3.05) is 11.9 Å². The van der Waals surface area contributed by atoms with Gasteiger partial charge in [0.1, 0.15) is 0 Å². The minimum absolute atomic E-state index is 0.861. The molecule has 0 saturated carbocycles. The van der Waals surface area contributed by atoms with E-state index in [1.165, 1.54) is 12.8 Å². The highest BCUT2D eigenvalue weighted by Gasteiger charge is 2.00. The first-order valence-electron chi connectivity index (χ1n) is 6.11. The lowest BCUT2D eigenvalue weighted by Crippen LogP contribution is -2.13. The van der Waals surface area contributed by atoms with Crippen LogP contribution in [0.15, 0.2) is 31.1 Å². The third-order valence-electron chi connectivity index (χ3n) is 2.68. The fourth-order valence-electron chi connectivity index (χ4n) is 1.70. The number of rotatable bonds is 7. The second-order valence-electron chi connectivity index (χ2n) is 4.03. The largest absolute Gasteiger partial charge is 0.354 e. The van der Waals surface area contributed by atoms with Crippen LogP contribution in [0.25, 0.3) is 0 Å². The standard InChI is InChI=1S/C12H19N5/c1-2-3-7-17-10-6-15-12(17)14-5-9-16-8-4-13-11-16/h4,6,8,10-11H,2-3,5,7,9H2,1H3,(H,14,15). The van der Waals surface area contributed by atoms with Gasteiger partial charge in [-0.25, -0.2) is 9.97 Å². The van der Waals surface area contributed by atoms with Crippen molar-refractivity contribution in [3.05, 3.63) is 31.1 Å². The van der Waals surface area contributed by atoms with Crippen molar-refractivity contribution in [3.8, 4) is 0 Å². The Kier molecular flexibility index (Phi) is 4.18. The van der Waals surface area contributed by atoms with E-state index in [0.29, 0.717) is 0 Å². The minimum atomic E-state index is 0.861. The number of nitrogens with one attached hydrogen (secondary N) is 1. The molecule has 1 N–H and O–H groups in total. The first-order chi connectivity index (χ1) is 8.40. The maximum absolute atomic E-state index is 4.31. The molecule has 2 aromatic rings. The zero-order valence-electron chi connectivity index (χ0n) is 10.2. The predicted molar refractivity (Wildman–Crippen MR) is 67.9 cm³/mol. The highest BCUT2D eigenvalue weighted by molar-refractivity contribution is 5.25. The van der Waals surface area contributed by atoms with Gasteiger partial charge in [0.25, 0.3) is 0 Å². The van der Waals surface area contributed by atoms with Gasteiger partial charge in [0.05, 0.1) is 6.33 Å². The fourth-order valence-corrected chi connectivity index (χ4v) is 1.70. The first-order valence-corrected chi connectivity index (χ1v) is 6.11. The minimum Gasteiger partial charge on any atom is -0.354 e. The molecule has 2 aromatic heterocycles. The van der Waals surface area contributed by atoms with E-state index in [4.69, 9.17) is 0 Å². The summed E-state index contributed by atoms with van der Waals surface area (Å²) in [5.41, 5.74) is 0. The Bertz CT molecular complexity index is 418. The molecule has 0 aliphatic heterocycles. The Balaban J connectivity index is 1.80. The van der Waals surface area contributed by atoms with Crippen LogP contribution in [0.1, 0.15) is 19.8 Å². The molecule has 0 aliphatic rings. The van der Waals surface area contributed by atoms with E-state index in [1.807, 2.05) is 29.5 Å². The Morgan fingerprint density at radius 1 is 1.24 bits per heavy atom. The maximum Gasteiger partial charge on any atom is 0.202 e. The van der Waals surface area contributed by atoms with Gasteiger partial charge in [-0.05, 0) is 6.42 Å². The molecule has 0 aromatic carbocycles. The van der Waals surface area contributed by atoms with Crippen LogP contribution in [0.2, 0.25) is 0 Å². The second kappa shape index (κ2) is 6.08. The lowest BCUT2D eigenvalue weighted by atomic mass is 10.3. The summed E-state index contributed by atoms with van der Waals surface area (Å²) in [6.45, 7) is 4.99. The number of aromatic nitrogens is 4. The zero-order valence-corrected chi connectivity index (χ0v) is 10.2. The van der Waals surface area contributed by atoms with E-state index in [2.05, 4.69) is 26.8 Å². The number of anilines is 1. The summed E-state index contributed by atoms with van der Waals surface area (Å²) in [7, 11) is 0. The molecule has 0 spiro atoms. The summed E-state index contributed by atoms with van der Waals surface area (Å²) in [5.74, 6) is 0.957. The number of imidazole rings is 2. The molecule has 2 rings (SSSR count). The second-order valence-corrected chi connectivity index (χ2v) is 4.03.